The number of rotatable bonds is 7. The molecule has 1 rings (SSSR count). The van der Waals surface area contributed by atoms with Crippen molar-refractivity contribution in [2.24, 2.45) is 5.84 Å². The molecule has 4 nitrogen and oxygen atoms in total. The van der Waals surface area contributed by atoms with Gasteiger partial charge >= 0.3 is 0 Å². The molecule has 0 radical (unpaired) electrons. The third-order valence-corrected chi connectivity index (χ3v) is 2.54. The van der Waals surface area contributed by atoms with Crippen LogP contribution in [0.4, 0.5) is 5.82 Å². The van der Waals surface area contributed by atoms with E-state index in [9.17, 15) is 0 Å². The molecule has 0 unspecified atom stereocenters. The smallest absolute Gasteiger partial charge is 0.140 e. The van der Waals surface area contributed by atoms with E-state index >= 15 is 0 Å². The van der Waals surface area contributed by atoms with Gasteiger partial charge in [-0.15, -0.1) is 0 Å². The first-order valence-corrected chi connectivity index (χ1v) is 5.85. The van der Waals surface area contributed by atoms with Crippen LogP contribution in [0.2, 0.25) is 5.02 Å². The molecule has 1 aromatic heterocycles. The van der Waals surface area contributed by atoms with Gasteiger partial charge in [-0.1, -0.05) is 31.4 Å². The summed E-state index contributed by atoms with van der Waals surface area (Å²) in [5.74, 6) is 5.86. The van der Waals surface area contributed by atoms with Gasteiger partial charge in [0.1, 0.15) is 5.82 Å². The lowest BCUT2D eigenvalue weighted by Gasteiger charge is -2.07. The van der Waals surface area contributed by atoms with Gasteiger partial charge in [0, 0.05) is 6.61 Å². The molecule has 16 heavy (non-hydrogen) atoms. The molecule has 3 N–H and O–H groups in total. The first-order chi connectivity index (χ1) is 7.77. The van der Waals surface area contributed by atoms with Crippen molar-refractivity contribution in [3.63, 3.8) is 0 Å². The minimum Gasteiger partial charge on any atom is -0.375 e. The molecule has 0 aromatic carbocycles. The zero-order valence-electron chi connectivity index (χ0n) is 9.50. The van der Waals surface area contributed by atoms with E-state index in [0.717, 1.165) is 13.0 Å². The van der Waals surface area contributed by atoms with Crippen molar-refractivity contribution in [2.75, 3.05) is 12.0 Å². The summed E-state index contributed by atoms with van der Waals surface area (Å²) in [6.45, 7) is 3.33. The predicted octanol–water partition coefficient (Wildman–Crippen LogP) is 2.73. The minimum absolute atomic E-state index is 0.429. The Morgan fingerprint density at radius 3 is 2.94 bits per heavy atom. The molecule has 0 bridgehead atoms. The Balaban J connectivity index is 2.40. The van der Waals surface area contributed by atoms with Crippen LogP contribution < -0.4 is 11.3 Å². The molecule has 1 aromatic rings. The lowest BCUT2D eigenvalue weighted by atomic mass is 10.3. The Kier molecular flexibility index (Phi) is 6.15. The molecule has 5 heteroatoms. The van der Waals surface area contributed by atoms with Gasteiger partial charge in [0.25, 0.3) is 0 Å². The van der Waals surface area contributed by atoms with E-state index in [1.54, 1.807) is 12.1 Å². The Labute approximate surface area is 101 Å². The molecule has 0 fully saturated rings. The van der Waals surface area contributed by atoms with Crippen molar-refractivity contribution >= 4 is 17.4 Å². The van der Waals surface area contributed by atoms with Crippen LogP contribution in [0.3, 0.4) is 0 Å². The second kappa shape index (κ2) is 7.44. The standard InChI is InChI=1S/C11H18ClN3O/c1-2-3-4-7-16-8-10-9(12)5-6-11(14-10)15-13/h5-6H,2-4,7-8,13H2,1H3,(H,14,15). The Morgan fingerprint density at radius 1 is 1.44 bits per heavy atom. The summed E-state index contributed by atoms with van der Waals surface area (Å²) < 4.78 is 5.49. The Hall–Kier alpha value is -0.840. The van der Waals surface area contributed by atoms with Crippen molar-refractivity contribution in [3.8, 4) is 0 Å². The number of hydrazine groups is 1. The summed E-state index contributed by atoms with van der Waals surface area (Å²) in [6, 6.07) is 3.48. The topological polar surface area (TPSA) is 60.2 Å². The van der Waals surface area contributed by atoms with E-state index in [-0.39, 0.29) is 0 Å². The van der Waals surface area contributed by atoms with Crippen molar-refractivity contribution in [1.29, 1.82) is 0 Å². The van der Waals surface area contributed by atoms with Crippen molar-refractivity contribution < 1.29 is 4.74 Å². The van der Waals surface area contributed by atoms with E-state index in [4.69, 9.17) is 22.2 Å². The van der Waals surface area contributed by atoms with Gasteiger partial charge in [-0.3, -0.25) is 0 Å². The van der Waals surface area contributed by atoms with Gasteiger partial charge in [0.15, 0.2) is 0 Å². The molecule has 0 saturated carbocycles. The third kappa shape index (κ3) is 4.35. The number of halogens is 1. The summed E-state index contributed by atoms with van der Waals surface area (Å²) >= 11 is 5.98. The molecular formula is C11H18ClN3O. The number of aromatic nitrogens is 1. The molecule has 90 valence electrons. The summed E-state index contributed by atoms with van der Waals surface area (Å²) in [5, 5.41) is 0.606. The summed E-state index contributed by atoms with van der Waals surface area (Å²) in [4.78, 5) is 4.22. The molecule has 0 aliphatic heterocycles. The second-order valence-corrected chi connectivity index (χ2v) is 3.94. The maximum absolute atomic E-state index is 5.98. The van der Waals surface area contributed by atoms with Crippen LogP contribution in [0.1, 0.15) is 31.9 Å². The van der Waals surface area contributed by atoms with Crippen LogP contribution in [0.15, 0.2) is 12.1 Å². The SMILES string of the molecule is CCCCCOCc1nc(NN)ccc1Cl. The predicted molar refractivity (Wildman–Crippen MR) is 66.2 cm³/mol. The van der Waals surface area contributed by atoms with Gasteiger partial charge in [-0.2, -0.15) is 0 Å². The fraction of sp³-hybridized carbons (Fsp3) is 0.545. The van der Waals surface area contributed by atoms with Crippen LogP contribution in [-0.4, -0.2) is 11.6 Å². The number of nitrogens with zero attached hydrogens (tertiary/aromatic N) is 1. The van der Waals surface area contributed by atoms with Crippen molar-refractivity contribution in [2.45, 2.75) is 32.8 Å². The number of pyridine rings is 1. The highest BCUT2D eigenvalue weighted by molar-refractivity contribution is 6.31. The number of anilines is 1. The molecule has 0 aliphatic carbocycles. The minimum atomic E-state index is 0.429. The summed E-state index contributed by atoms with van der Waals surface area (Å²) in [6.07, 6.45) is 3.45. The van der Waals surface area contributed by atoms with Crippen LogP contribution in [0.25, 0.3) is 0 Å². The number of nitrogen functional groups attached to an aromatic ring is 1. The number of ether oxygens (including phenoxy) is 1. The van der Waals surface area contributed by atoms with E-state index < -0.39 is 0 Å². The fourth-order valence-electron chi connectivity index (χ4n) is 1.29. The average Bonchev–Trinajstić information content (AvgIpc) is 2.31. The highest BCUT2D eigenvalue weighted by Gasteiger charge is 2.03. The van der Waals surface area contributed by atoms with Crippen molar-refractivity contribution in [3.05, 3.63) is 22.8 Å². The number of hydrogen-bond acceptors (Lipinski definition) is 4. The number of nitrogens with one attached hydrogen (secondary N) is 1. The second-order valence-electron chi connectivity index (χ2n) is 3.53. The van der Waals surface area contributed by atoms with E-state index in [1.165, 1.54) is 12.8 Å². The molecule has 0 amide bonds. The zero-order valence-corrected chi connectivity index (χ0v) is 10.3. The van der Waals surface area contributed by atoms with Crippen LogP contribution in [0.5, 0.6) is 0 Å². The molecule has 0 aliphatic rings. The summed E-state index contributed by atoms with van der Waals surface area (Å²) in [5.41, 5.74) is 3.20. The lowest BCUT2D eigenvalue weighted by molar-refractivity contribution is 0.114. The number of unbranched alkanes of at least 4 members (excludes halogenated alkanes) is 2. The third-order valence-electron chi connectivity index (χ3n) is 2.20. The molecule has 0 atom stereocenters. The van der Waals surface area contributed by atoms with E-state index in [0.29, 0.717) is 23.1 Å². The normalized spacial score (nSPS) is 10.4. The molecule has 0 saturated heterocycles. The van der Waals surface area contributed by atoms with Crippen LogP contribution in [0, 0.1) is 0 Å². The van der Waals surface area contributed by atoms with E-state index in [1.807, 2.05) is 0 Å². The highest BCUT2D eigenvalue weighted by Crippen LogP contribution is 2.17. The van der Waals surface area contributed by atoms with Gasteiger partial charge in [0.2, 0.25) is 0 Å². The average molecular weight is 244 g/mol. The molecule has 1 heterocycles. The molecule has 0 spiro atoms. The highest BCUT2D eigenvalue weighted by atomic mass is 35.5. The van der Waals surface area contributed by atoms with Crippen molar-refractivity contribution in [1.82, 2.24) is 4.98 Å². The summed E-state index contributed by atoms with van der Waals surface area (Å²) in [7, 11) is 0. The first-order valence-electron chi connectivity index (χ1n) is 5.47. The number of nitrogens with two attached hydrogens (primary N) is 1. The fourth-order valence-corrected chi connectivity index (χ4v) is 1.45. The Bertz CT molecular complexity index is 320. The quantitative estimate of drug-likeness (QED) is 0.439. The monoisotopic (exact) mass is 243 g/mol. The maximum atomic E-state index is 5.98. The number of hydrogen-bond donors (Lipinski definition) is 2. The lowest BCUT2D eigenvalue weighted by Crippen LogP contribution is -2.10. The largest absolute Gasteiger partial charge is 0.375 e. The Morgan fingerprint density at radius 2 is 2.25 bits per heavy atom. The molecular weight excluding hydrogens is 226 g/mol. The van der Waals surface area contributed by atoms with Gasteiger partial charge < -0.3 is 10.2 Å². The van der Waals surface area contributed by atoms with Gasteiger partial charge in [0.05, 0.1) is 17.3 Å². The van der Waals surface area contributed by atoms with Gasteiger partial charge in [-0.25, -0.2) is 10.8 Å². The van der Waals surface area contributed by atoms with Crippen LogP contribution in [-0.2, 0) is 11.3 Å². The van der Waals surface area contributed by atoms with Gasteiger partial charge in [-0.05, 0) is 18.6 Å². The first kappa shape index (κ1) is 13.2. The maximum Gasteiger partial charge on any atom is 0.140 e. The van der Waals surface area contributed by atoms with E-state index in [2.05, 4.69) is 17.3 Å². The van der Waals surface area contributed by atoms with Crippen LogP contribution >= 0.6 is 11.6 Å². The zero-order chi connectivity index (χ0) is 11.8.